The van der Waals surface area contributed by atoms with E-state index in [9.17, 15) is 56.4 Å². The van der Waals surface area contributed by atoms with Gasteiger partial charge in [0.2, 0.25) is 11.0 Å². The van der Waals surface area contributed by atoms with Crippen LogP contribution in [0.15, 0.2) is 287 Å². The van der Waals surface area contributed by atoms with Gasteiger partial charge in [-0.3, -0.25) is 28.9 Å². The molecule has 0 aliphatic carbocycles. The predicted octanol–water partition coefficient (Wildman–Crippen LogP) is 19.2. The lowest BCUT2D eigenvalue weighted by atomic mass is 9.87. The summed E-state index contributed by atoms with van der Waals surface area (Å²) in [5.74, 6) is 0.524. The van der Waals surface area contributed by atoms with Crippen LogP contribution in [0.4, 0.5) is 40.8 Å². The van der Waals surface area contributed by atoms with Crippen molar-refractivity contribution in [3.8, 4) is 22.7 Å². The van der Waals surface area contributed by atoms with E-state index < -0.39 is 64.3 Å². The third kappa shape index (κ3) is 20.2. The number of rotatable bonds is 18. The molecule has 8 aromatic carbocycles. The van der Waals surface area contributed by atoms with E-state index in [2.05, 4.69) is 90.8 Å². The number of hydrogen-bond donors (Lipinski definition) is 4. The summed E-state index contributed by atoms with van der Waals surface area (Å²) in [6.45, 7) is 28.3. The normalized spacial score (nSPS) is 12.4. The minimum Gasteiger partial charge on any atom is -0.618 e. The molecule has 8 aromatic heterocycles. The number of sulfonamides is 4. The van der Waals surface area contributed by atoms with Crippen molar-refractivity contribution in [2.45, 2.75) is 151 Å². The van der Waals surface area contributed by atoms with Crippen LogP contribution in [-0.2, 0) is 68.8 Å². The van der Waals surface area contributed by atoms with Crippen LogP contribution in [0.2, 0.25) is 0 Å². The van der Waals surface area contributed by atoms with Crippen LogP contribution in [0.1, 0.15) is 141 Å². The van der Waals surface area contributed by atoms with Crippen molar-refractivity contribution in [1.29, 1.82) is 0 Å². The zero-order valence-electron chi connectivity index (χ0n) is 71.7. The molecule has 16 aromatic rings. The van der Waals surface area contributed by atoms with Crippen LogP contribution >= 0.6 is 0 Å². The molecule has 0 atom stereocenters. The highest BCUT2D eigenvalue weighted by molar-refractivity contribution is 7.93. The summed E-state index contributed by atoms with van der Waals surface area (Å²) in [5, 5.41) is 32.0. The number of hydrogen-bond acceptors (Lipinski definition) is 15. The lowest BCUT2D eigenvalue weighted by molar-refractivity contribution is -0.644. The first-order chi connectivity index (χ1) is 59.2. The van der Waals surface area contributed by atoms with Gasteiger partial charge in [-0.1, -0.05) is 156 Å². The molecule has 126 heavy (non-hydrogen) atoms. The summed E-state index contributed by atoms with van der Waals surface area (Å²) in [5.41, 5.74) is 9.03. The topological polar surface area (TPSA) is 313 Å². The van der Waals surface area contributed by atoms with E-state index in [-0.39, 0.29) is 64.1 Å². The number of alkyl halides is 4. The Labute approximate surface area is 729 Å². The summed E-state index contributed by atoms with van der Waals surface area (Å²) in [6.07, 6.45) is 0.852. The van der Waals surface area contributed by atoms with Crippen molar-refractivity contribution in [3.05, 3.63) is 318 Å². The summed E-state index contributed by atoms with van der Waals surface area (Å²) < 4.78 is 177. The fourth-order valence-corrected chi connectivity index (χ4v) is 18.0. The van der Waals surface area contributed by atoms with Gasteiger partial charge in [0.15, 0.2) is 12.4 Å². The predicted molar refractivity (Wildman–Crippen MR) is 483 cm³/mol. The molecular weight excluding hydrogens is 1690 g/mol. The molecule has 16 rings (SSSR count). The second-order valence-corrected chi connectivity index (χ2v) is 40.8. The van der Waals surface area contributed by atoms with E-state index in [1.165, 1.54) is 41.2 Å². The maximum Gasteiger partial charge on any atom is 0.282 e. The molecule has 0 saturated heterocycles. The fourth-order valence-electron chi connectivity index (χ4n) is 13.8. The molecule has 0 radical (unpaired) electrons. The fraction of sp³-hybridized carbons (Fsp3) is 0.226. The van der Waals surface area contributed by atoms with Crippen LogP contribution in [0.25, 0.3) is 66.4 Å². The molecule has 0 saturated carbocycles. The molecule has 33 heteroatoms. The standard InChI is InChI=1S/C24H27N4O2S.C23H22F2N4O3S.C23H22F2N4O2S.C23H24N4O2S/c1-17-16-23(26-31(29,30)19-13-11-18(12-14-19)24(2,3)4)28(25-17)22-10-6-9-21-20(22)8-7-15-27(21)5;1-23(2,3)15-9-11-16(12-10-15)33(31,32)27-21-14-18(22(24)25)26-29(21)20-8-4-7-19-17(20)6-5-13-28(19)30;1-23(2,3)15-9-11-16(12-10-15)32(30,31)28-21-14-19(22(24)25)27-29(21)20-8-4-7-18-17(20)6-5-13-26-18;1-16-15-22(26-30(28,29)18-12-10-17(11-13-18)23(2,3)4)27(25-16)21-9-5-8-20-19(21)7-6-14-24-20/h6-16,26H,1-5H3;4-14,22,27H,1-3H3;4-14,22,28H,1-3H3;5-15,26H,1-4H3/q+1;;;. The third-order valence-electron chi connectivity index (χ3n) is 20.6. The summed E-state index contributed by atoms with van der Waals surface area (Å²) in [7, 11) is -13.7. The molecule has 0 aliphatic heterocycles. The van der Waals surface area contributed by atoms with Gasteiger partial charge in [0, 0.05) is 71.7 Å². The zero-order chi connectivity index (χ0) is 91.0. The Morgan fingerprint density at radius 2 is 0.611 bits per heavy atom. The monoisotopic (exact) mass is 1780 g/mol. The Balaban J connectivity index is 0.000000144. The first kappa shape index (κ1) is 90.5. The molecular formula is C93H95F4N16O9S4+. The Morgan fingerprint density at radius 3 is 0.937 bits per heavy atom. The van der Waals surface area contributed by atoms with Gasteiger partial charge < -0.3 is 5.21 Å². The maximum absolute atomic E-state index is 13.5. The average molecular weight is 1790 g/mol. The summed E-state index contributed by atoms with van der Waals surface area (Å²) in [4.78, 5) is 9.07. The molecule has 0 fully saturated rings. The van der Waals surface area contributed by atoms with Crippen LogP contribution in [0.3, 0.4) is 0 Å². The SMILES string of the molecule is CC(C)(C)c1ccc(S(=O)(=O)Nc2cc(C(F)F)nn2-c2cccc3c2ccc[n+]3[O-])cc1.CC(C)(C)c1ccc(S(=O)(=O)Nc2cc(C(F)F)nn2-c2cccc3ncccc23)cc1.Cc1cc(NS(=O)(=O)c2ccc(C(C)(C)C)cc2)n(-c2cccc3c2ccc[n+]3C)n1.Cc1cc(NS(=O)(=O)c2ccc(C(C)(C)C)cc2)n(-c2cccc3ncccc23)n1. The summed E-state index contributed by atoms with van der Waals surface area (Å²) in [6, 6.07) is 68.2. The first-order valence-electron chi connectivity index (χ1n) is 39.8. The molecule has 0 aliphatic rings. The number of halogens is 4. The Morgan fingerprint density at radius 1 is 0.333 bits per heavy atom. The number of nitrogens with zero attached hydrogens (tertiary/aromatic N) is 12. The highest BCUT2D eigenvalue weighted by Crippen LogP contribution is 2.36. The summed E-state index contributed by atoms with van der Waals surface area (Å²) >= 11 is 0. The lowest BCUT2D eigenvalue weighted by Crippen LogP contribution is -2.28. The molecule has 0 unspecified atom stereocenters. The van der Waals surface area contributed by atoms with Crippen molar-refractivity contribution >= 4 is 107 Å². The van der Waals surface area contributed by atoms with Crippen molar-refractivity contribution in [2.75, 3.05) is 18.9 Å². The number of pyridine rings is 4. The van der Waals surface area contributed by atoms with Gasteiger partial charge in [0.25, 0.3) is 52.9 Å². The van der Waals surface area contributed by atoms with Crippen LogP contribution in [0, 0.1) is 19.1 Å². The molecule has 0 amide bonds. The van der Waals surface area contributed by atoms with E-state index >= 15 is 0 Å². The average Bonchev–Trinajstić information content (AvgIpc) is 1.62. The molecule has 0 spiro atoms. The van der Waals surface area contributed by atoms with E-state index in [0.29, 0.717) is 44.0 Å². The maximum atomic E-state index is 13.5. The van der Waals surface area contributed by atoms with Gasteiger partial charge in [0.1, 0.15) is 41.7 Å². The minimum absolute atomic E-state index is 0.0165. The number of nitrogens with one attached hydrogen (secondary N) is 4. The van der Waals surface area contributed by atoms with E-state index in [1.54, 1.807) is 137 Å². The second kappa shape index (κ2) is 35.4. The van der Waals surface area contributed by atoms with Crippen molar-refractivity contribution in [2.24, 2.45) is 7.05 Å². The molecule has 4 N–H and O–H groups in total. The van der Waals surface area contributed by atoms with Gasteiger partial charge in [-0.15, -0.1) is 0 Å². The van der Waals surface area contributed by atoms with E-state index in [1.807, 2.05) is 158 Å². The Bertz CT molecular complexity index is 7200. The first-order valence-corrected chi connectivity index (χ1v) is 45.8. The lowest BCUT2D eigenvalue weighted by Gasteiger charge is -2.19. The second-order valence-electron chi connectivity index (χ2n) is 34.1. The molecule has 652 valence electrons. The molecule has 25 nitrogen and oxygen atoms in total. The van der Waals surface area contributed by atoms with Gasteiger partial charge in [-0.05, 0) is 179 Å². The van der Waals surface area contributed by atoms with Gasteiger partial charge in [-0.25, -0.2) is 74.5 Å². The van der Waals surface area contributed by atoms with Crippen molar-refractivity contribution in [1.82, 2.24) is 49.1 Å². The van der Waals surface area contributed by atoms with Crippen LogP contribution in [0.5, 0.6) is 0 Å². The van der Waals surface area contributed by atoms with Crippen LogP contribution in [-0.4, -0.2) is 82.8 Å². The Hall–Kier alpha value is -13.2. The number of aryl methyl sites for hydroxylation is 3. The van der Waals surface area contributed by atoms with Gasteiger partial charge >= 0.3 is 0 Å². The highest BCUT2D eigenvalue weighted by Gasteiger charge is 2.30. The number of fused-ring (bicyclic) bond motifs is 4. The van der Waals surface area contributed by atoms with E-state index in [0.717, 1.165) is 77.9 Å². The Kier molecular flexibility index (Phi) is 25.4. The number of aromatic nitrogens is 12. The van der Waals surface area contributed by atoms with E-state index in [4.69, 9.17) is 0 Å². The highest BCUT2D eigenvalue weighted by atomic mass is 32.2. The minimum atomic E-state index is -4.10. The number of anilines is 4. The quantitative estimate of drug-likeness (QED) is 0.0352. The number of benzene rings is 8. The van der Waals surface area contributed by atoms with Gasteiger partial charge in [0.05, 0.1) is 75.5 Å². The molecule has 0 bridgehead atoms. The zero-order valence-corrected chi connectivity index (χ0v) is 75.0. The molecule has 8 heterocycles. The van der Waals surface area contributed by atoms with Crippen LogP contribution < -0.4 is 28.2 Å². The third-order valence-corrected chi connectivity index (χ3v) is 26.1. The smallest absolute Gasteiger partial charge is 0.282 e. The van der Waals surface area contributed by atoms with Crippen molar-refractivity contribution in [3.63, 3.8) is 0 Å². The van der Waals surface area contributed by atoms with Gasteiger partial charge in [-0.2, -0.15) is 25.1 Å². The van der Waals surface area contributed by atoms with Crippen molar-refractivity contribution < 1.29 is 60.5 Å². The largest absolute Gasteiger partial charge is 0.618 e.